The largest absolute Gasteiger partial charge is 0.462 e. The number of hydrogen-bond acceptors (Lipinski definition) is 6. The van der Waals surface area contributed by atoms with Gasteiger partial charge in [-0.25, -0.2) is 0 Å². The third-order valence-corrected chi connectivity index (χ3v) is 15.0. The van der Waals surface area contributed by atoms with Crippen molar-refractivity contribution >= 4 is 17.9 Å². The number of esters is 3. The zero-order valence-electron chi connectivity index (χ0n) is 54.4. The van der Waals surface area contributed by atoms with Gasteiger partial charge in [-0.05, 0) is 109 Å². The van der Waals surface area contributed by atoms with E-state index in [1.807, 2.05) is 6.08 Å². The van der Waals surface area contributed by atoms with E-state index in [0.29, 0.717) is 12.8 Å². The lowest BCUT2D eigenvalue weighted by Crippen LogP contribution is -2.30. The van der Waals surface area contributed by atoms with Crippen molar-refractivity contribution in [3.63, 3.8) is 0 Å². The number of ether oxygens (including phenoxy) is 3. The molecule has 0 N–H and O–H groups in total. The highest BCUT2D eigenvalue weighted by atomic mass is 16.6. The molecule has 0 heterocycles. The molecule has 0 spiro atoms. The van der Waals surface area contributed by atoms with Crippen molar-refractivity contribution in [3.05, 3.63) is 122 Å². The summed E-state index contributed by atoms with van der Waals surface area (Å²) >= 11 is 0. The molecular formula is C77H130O6. The van der Waals surface area contributed by atoms with Gasteiger partial charge in [0.25, 0.3) is 0 Å². The maximum Gasteiger partial charge on any atom is 0.310 e. The Hall–Kier alpha value is -4.19. The van der Waals surface area contributed by atoms with E-state index in [1.54, 1.807) is 6.08 Å². The van der Waals surface area contributed by atoms with Crippen LogP contribution in [-0.4, -0.2) is 37.2 Å². The molecule has 0 aromatic rings. The van der Waals surface area contributed by atoms with Crippen LogP contribution in [0.5, 0.6) is 0 Å². The molecule has 0 radical (unpaired) electrons. The second-order valence-electron chi connectivity index (χ2n) is 23.0. The Kier molecular flexibility index (Phi) is 66.7. The molecule has 0 rings (SSSR count). The van der Waals surface area contributed by atoms with Gasteiger partial charge in [-0.3, -0.25) is 14.4 Å². The van der Waals surface area contributed by atoms with Crippen molar-refractivity contribution in [3.8, 4) is 0 Å². The number of carbonyl (C=O) groups excluding carboxylic acids is 3. The summed E-state index contributed by atoms with van der Waals surface area (Å²) in [7, 11) is 0. The molecule has 83 heavy (non-hydrogen) atoms. The van der Waals surface area contributed by atoms with Crippen LogP contribution in [0.1, 0.15) is 329 Å². The molecular weight excluding hydrogens is 1020 g/mol. The lowest BCUT2D eigenvalue weighted by Gasteiger charge is -2.18. The predicted molar refractivity (Wildman–Crippen MR) is 362 cm³/mol. The zero-order valence-corrected chi connectivity index (χ0v) is 54.4. The van der Waals surface area contributed by atoms with Crippen molar-refractivity contribution < 1.29 is 28.6 Å². The molecule has 474 valence electrons. The van der Waals surface area contributed by atoms with Gasteiger partial charge in [0.15, 0.2) is 6.10 Å². The van der Waals surface area contributed by atoms with Gasteiger partial charge in [0.2, 0.25) is 0 Å². The topological polar surface area (TPSA) is 78.9 Å². The van der Waals surface area contributed by atoms with E-state index in [-0.39, 0.29) is 31.6 Å². The van der Waals surface area contributed by atoms with Gasteiger partial charge in [-0.15, -0.1) is 0 Å². The Balaban J connectivity index is 4.18. The lowest BCUT2D eigenvalue weighted by atomic mass is 10.0. The standard InChI is InChI=1S/C77H130O6/c1-4-7-10-13-16-19-22-25-28-29-30-31-32-33-34-35-36-37-38-39-40-41-42-43-44-45-46-47-50-52-55-58-61-64-67-70-76(79)82-73-74(83-77(80)71-68-65-62-59-56-53-49-27-24-21-18-15-12-9-6-3)72-81-75(78)69-66-63-60-57-54-51-48-26-23-20-17-14-11-8-5-2/h7,9-10,12,16,18-19,21,25-28,30-31,48-49,56,59,65,68,74H,4-6,8,11,13-15,17,20,22-24,29,32-47,50-55,57-58,60-64,66-67,69-73H2,1-3H3/b10-7-,12-9-,19-16-,21-18-,28-25-,31-30-,48-26-,49-27-,59-56-,68-65-. The number of allylic oxidation sites excluding steroid dienone is 19. The smallest absolute Gasteiger partial charge is 0.310 e. The minimum atomic E-state index is -0.837. The highest BCUT2D eigenvalue weighted by molar-refractivity contribution is 5.72. The maximum absolute atomic E-state index is 12.8. The first-order valence-corrected chi connectivity index (χ1v) is 35.0. The fourth-order valence-electron chi connectivity index (χ4n) is 9.80. The van der Waals surface area contributed by atoms with Gasteiger partial charge < -0.3 is 14.2 Å². The van der Waals surface area contributed by atoms with Crippen LogP contribution >= 0.6 is 0 Å². The van der Waals surface area contributed by atoms with Crippen molar-refractivity contribution in [2.24, 2.45) is 0 Å². The summed E-state index contributed by atoms with van der Waals surface area (Å²) in [5, 5.41) is 0. The average molecular weight is 1150 g/mol. The number of carbonyl (C=O) groups is 3. The van der Waals surface area contributed by atoms with E-state index in [9.17, 15) is 14.4 Å². The van der Waals surface area contributed by atoms with Crippen molar-refractivity contribution in [2.45, 2.75) is 335 Å². The first-order chi connectivity index (χ1) is 41.0. The molecule has 6 nitrogen and oxygen atoms in total. The van der Waals surface area contributed by atoms with Crippen LogP contribution < -0.4 is 0 Å². The highest BCUT2D eigenvalue weighted by Gasteiger charge is 2.19. The molecule has 0 aromatic carbocycles. The summed E-state index contributed by atoms with van der Waals surface area (Å²) in [6.45, 7) is 6.34. The number of hydrogen-bond donors (Lipinski definition) is 0. The molecule has 0 aliphatic heterocycles. The van der Waals surface area contributed by atoms with Crippen LogP contribution in [0.4, 0.5) is 0 Å². The third kappa shape index (κ3) is 68.5. The van der Waals surface area contributed by atoms with E-state index in [4.69, 9.17) is 14.2 Å². The van der Waals surface area contributed by atoms with Crippen LogP contribution in [0.25, 0.3) is 0 Å². The van der Waals surface area contributed by atoms with Crippen LogP contribution in [-0.2, 0) is 28.6 Å². The van der Waals surface area contributed by atoms with Crippen molar-refractivity contribution in [1.82, 2.24) is 0 Å². The van der Waals surface area contributed by atoms with Crippen molar-refractivity contribution in [1.29, 1.82) is 0 Å². The Morgan fingerprint density at radius 1 is 0.265 bits per heavy atom. The normalized spacial score (nSPS) is 12.9. The number of rotatable bonds is 63. The Labute approximate surface area is 513 Å². The molecule has 0 amide bonds. The number of unbranched alkanes of at least 4 members (excludes halogenated alkanes) is 33. The second-order valence-corrected chi connectivity index (χ2v) is 23.0. The van der Waals surface area contributed by atoms with Gasteiger partial charge in [0, 0.05) is 12.8 Å². The first-order valence-electron chi connectivity index (χ1n) is 35.0. The molecule has 0 aliphatic carbocycles. The summed E-state index contributed by atoms with van der Waals surface area (Å²) in [6, 6.07) is 0. The monoisotopic (exact) mass is 1150 g/mol. The predicted octanol–water partition coefficient (Wildman–Crippen LogP) is 24.3. The summed E-state index contributed by atoms with van der Waals surface area (Å²) in [6.07, 6.45) is 98.4. The minimum Gasteiger partial charge on any atom is -0.462 e. The van der Waals surface area contributed by atoms with E-state index in [0.717, 1.165) is 109 Å². The maximum atomic E-state index is 12.8. The molecule has 0 saturated carbocycles. The van der Waals surface area contributed by atoms with Gasteiger partial charge in [0.05, 0.1) is 6.42 Å². The Morgan fingerprint density at radius 3 is 0.807 bits per heavy atom. The average Bonchev–Trinajstić information content (AvgIpc) is 3.50. The summed E-state index contributed by atoms with van der Waals surface area (Å²) in [5.41, 5.74) is 0. The van der Waals surface area contributed by atoms with Gasteiger partial charge in [-0.1, -0.05) is 322 Å². The molecule has 0 fully saturated rings. The Morgan fingerprint density at radius 2 is 0.506 bits per heavy atom. The molecule has 0 aromatic heterocycles. The Bertz CT molecular complexity index is 1700. The fourth-order valence-corrected chi connectivity index (χ4v) is 9.80. The van der Waals surface area contributed by atoms with E-state index in [1.165, 1.54) is 180 Å². The quantitative estimate of drug-likeness (QED) is 0.0261. The molecule has 0 saturated heterocycles. The van der Waals surface area contributed by atoms with E-state index >= 15 is 0 Å². The molecule has 1 atom stereocenters. The second kappa shape index (κ2) is 70.3. The van der Waals surface area contributed by atoms with Crippen LogP contribution in [0.3, 0.4) is 0 Å². The van der Waals surface area contributed by atoms with Gasteiger partial charge in [-0.2, -0.15) is 0 Å². The minimum absolute atomic E-state index is 0.0948. The first kappa shape index (κ1) is 78.8. The van der Waals surface area contributed by atoms with Crippen LogP contribution in [0, 0.1) is 0 Å². The molecule has 0 aliphatic rings. The molecule has 1 unspecified atom stereocenters. The van der Waals surface area contributed by atoms with Gasteiger partial charge in [0.1, 0.15) is 13.2 Å². The molecule has 6 heteroatoms. The third-order valence-electron chi connectivity index (χ3n) is 15.0. The molecule has 0 bridgehead atoms. The van der Waals surface area contributed by atoms with Crippen LogP contribution in [0.15, 0.2) is 122 Å². The summed E-state index contributed by atoms with van der Waals surface area (Å²) < 4.78 is 16.8. The van der Waals surface area contributed by atoms with E-state index < -0.39 is 12.1 Å². The zero-order chi connectivity index (χ0) is 59.9. The van der Waals surface area contributed by atoms with Crippen LogP contribution in [0.2, 0.25) is 0 Å². The van der Waals surface area contributed by atoms with Crippen molar-refractivity contribution in [2.75, 3.05) is 13.2 Å². The van der Waals surface area contributed by atoms with E-state index in [2.05, 4.69) is 130 Å². The lowest BCUT2D eigenvalue weighted by molar-refractivity contribution is -0.166. The highest BCUT2D eigenvalue weighted by Crippen LogP contribution is 2.17. The summed E-state index contributed by atoms with van der Waals surface area (Å²) in [5.74, 6) is -1.05. The summed E-state index contributed by atoms with van der Waals surface area (Å²) in [4.78, 5) is 38.3. The SMILES string of the molecule is CC/C=C\C/C=C\C/C=C\C/C=C\C/C=C\CC(=O)OC(COC(=O)CCCCCCC/C=C\CCCCCCCC)COC(=O)CCCCCCCCCCCCCCCCCCCCCCCC/C=C\C/C=C\C/C=C\C/C=C\CC. The fraction of sp³-hybridized carbons (Fsp3) is 0.701. The van der Waals surface area contributed by atoms with Gasteiger partial charge >= 0.3 is 17.9 Å².